The Morgan fingerprint density at radius 1 is 1.25 bits per heavy atom. The summed E-state index contributed by atoms with van der Waals surface area (Å²) in [5.41, 5.74) is 0.313. The van der Waals surface area contributed by atoms with Gasteiger partial charge in [-0.3, -0.25) is 0 Å². The van der Waals surface area contributed by atoms with Crippen molar-refractivity contribution in [1.82, 2.24) is 5.32 Å². The van der Waals surface area contributed by atoms with Gasteiger partial charge >= 0.3 is 0 Å². The van der Waals surface area contributed by atoms with Crippen LogP contribution >= 0.6 is 0 Å². The summed E-state index contributed by atoms with van der Waals surface area (Å²) >= 11 is 0. The number of hydrogen-bond donors (Lipinski definition) is 1. The highest BCUT2D eigenvalue weighted by Crippen LogP contribution is 2.38. The summed E-state index contributed by atoms with van der Waals surface area (Å²) < 4.78 is 11.5. The molecule has 1 N–H and O–H groups in total. The minimum Gasteiger partial charge on any atom is -0.347 e. The lowest BCUT2D eigenvalue weighted by Crippen LogP contribution is -2.43. The van der Waals surface area contributed by atoms with E-state index in [1.165, 1.54) is 6.42 Å². The molecule has 2 rings (SSSR count). The van der Waals surface area contributed by atoms with E-state index >= 15 is 0 Å². The van der Waals surface area contributed by atoms with Gasteiger partial charge in [-0.2, -0.15) is 0 Å². The molecule has 2 unspecified atom stereocenters. The van der Waals surface area contributed by atoms with Crippen molar-refractivity contribution in [3.8, 4) is 0 Å². The summed E-state index contributed by atoms with van der Waals surface area (Å²) in [4.78, 5) is 0. The molecule has 16 heavy (non-hydrogen) atoms. The van der Waals surface area contributed by atoms with Gasteiger partial charge in [-0.15, -0.1) is 0 Å². The van der Waals surface area contributed by atoms with E-state index in [2.05, 4.69) is 33.0 Å². The van der Waals surface area contributed by atoms with Crippen LogP contribution in [0.3, 0.4) is 0 Å². The SMILES string of the molecule is CC(NC1CCC2(C1)OCCO2)C(C)(C)C. The summed E-state index contributed by atoms with van der Waals surface area (Å²) in [5, 5.41) is 3.71. The van der Waals surface area contributed by atoms with Crippen LogP contribution in [0.5, 0.6) is 0 Å². The molecule has 2 fully saturated rings. The zero-order chi connectivity index (χ0) is 11.8. The third kappa shape index (κ3) is 2.58. The molecule has 3 nitrogen and oxygen atoms in total. The fraction of sp³-hybridized carbons (Fsp3) is 1.00. The Bertz CT molecular complexity index is 241. The Morgan fingerprint density at radius 3 is 2.44 bits per heavy atom. The van der Waals surface area contributed by atoms with Crippen LogP contribution in [0.15, 0.2) is 0 Å². The molecule has 0 radical (unpaired) electrons. The number of hydrogen-bond acceptors (Lipinski definition) is 3. The van der Waals surface area contributed by atoms with E-state index in [1.54, 1.807) is 0 Å². The van der Waals surface area contributed by atoms with Gasteiger partial charge in [0.05, 0.1) is 13.2 Å². The van der Waals surface area contributed by atoms with Gasteiger partial charge in [-0.25, -0.2) is 0 Å². The quantitative estimate of drug-likeness (QED) is 0.785. The fourth-order valence-electron chi connectivity index (χ4n) is 2.48. The maximum Gasteiger partial charge on any atom is 0.170 e. The Labute approximate surface area is 98.9 Å². The first-order chi connectivity index (χ1) is 7.41. The van der Waals surface area contributed by atoms with Crippen molar-refractivity contribution in [1.29, 1.82) is 0 Å². The maximum atomic E-state index is 5.74. The summed E-state index contributed by atoms with van der Waals surface area (Å²) in [6.07, 6.45) is 3.22. The molecule has 0 aromatic carbocycles. The smallest absolute Gasteiger partial charge is 0.170 e. The van der Waals surface area contributed by atoms with Crippen LogP contribution in [0, 0.1) is 5.41 Å². The lowest BCUT2D eigenvalue weighted by molar-refractivity contribution is -0.151. The molecule has 0 bridgehead atoms. The second-order valence-corrected chi connectivity index (χ2v) is 6.30. The Morgan fingerprint density at radius 2 is 1.88 bits per heavy atom. The van der Waals surface area contributed by atoms with Gasteiger partial charge in [-0.05, 0) is 18.8 Å². The molecule has 3 heteroatoms. The van der Waals surface area contributed by atoms with Gasteiger partial charge in [0.2, 0.25) is 0 Å². The van der Waals surface area contributed by atoms with Crippen LogP contribution in [-0.4, -0.2) is 31.1 Å². The van der Waals surface area contributed by atoms with Crippen molar-refractivity contribution in [2.75, 3.05) is 13.2 Å². The Balaban J connectivity index is 1.85. The molecular formula is C13H25NO2. The molecule has 1 aliphatic carbocycles. The van der Waals surface area contributed by atoms with Crippen LogP contribution < -0.4 is 5.32 Å². The lowest BCUT2D eigenvalue weighted by atomic mass is 9.87. The van der Waals surface area contributed by atoms with Gasteiger partial charge in [0.1, 0.15) is 0 Å². The molecule has 1 saturated carbocycles. The molecule has 1 heterocycles. The monoisotopic (exact) mass is 227 g/mol. The molecule has 0 aromatic rings. The fourth-order valence-corrected chi connectivity index (χ4v) is 2.48. The molecule has 94 valence electrons. The first-order valence-corrected chi connectivity index (χ1v) is 6.45. The van der Waals surface area contributed by atoms with Crippen molar-refractivity contribution in [2.45, 2.75) is 64.8 Å². The van der Waals surface area contributed by atoms with Crippen LogP contribution in [0.25, 0.3) is 0 Å². The van der Waals surface area contributed by atoms with Crippen LogP contribution in [0.1, 0.15) is 47.0 Å². The minimum atomic E-state index is -0.241. The van der Waals surface area contributed by atoms with Crippen molar-refractivity contribution >= 4 is 0 Å². The van der Waals surface area contributed by atoms with Gasteiger partial charge in [0.15, 0.2) is 5.79 Å². The average Bonchev–Trinajstić information content (AvgIpc) is 2.77. The zero-order valence-electron chi connectivity index (χ0n) is 11.0. The predicted octanol–water partition coefficient (Wildman–Crippen LogP) is 2.31. The molecular weight excluding hydrogens is 202 g/mol. The first-order valence-electron chi connectivity index (χ1n) is 6.45. The zero-order valence-corrected chi connectivity index (χ0v) is 11.0. The second-order valence-electron chi connectivity index (χ2n) is 6.30. The Kier molecular flexibility index (Phi) is 3.30. The standard InChI is InChI=1S/C13H25NO2/c1-10(12(2,3)4)14-11-5-6-13(9-11)15-7-8-16-13/h10-11,14H,5-9H2,1-4H3. The normalized spacial score (nSPS) is 31.1. The highest BCUT2D eigenvalue weighted by atomic mass is 16.7. The third-order valence-electron chi connectivity index (χ3n) is 4.03. The predicted molar refractivity (Wildman–Crippen MR) is 64.3 cm³/mol. The molecule has 0 amide bonds. The molecule has 2 atom stereocenters. The van der Waals surface area contributed by atoms with Crippen molar-refractivity contribution in [3.05, 3.63) is 0 Å². The third-order valence-corrected chi connectivity index (χ3v) is 4.03. The van der Waals surface area contributed by atoms with Crippen molar-refractivity contribution in [3.63, 3.8) is 0 Å². The van der Waals surface area contributed by atoms with E-state index in [4.69, 9.17) is 9.47 Å². The molecule has 2 aliphatic rings. The number of ether oxygens (including phenoxy) is 2. The molecule has 1 saturated heterocycles. The molecule has 1 spiro atoms. The lowest BCUT2D eigenvalue weighted by Gasteiger charge is -2.31. The highest BCUT2D eigenvalue weighted by molar-refractivity contribution is 4.92. The average molecular weight is 227 g/mol. The van der Waals surface area contributed by atoms with Gasteiger partial charge in [0.25, 0.3) is 0 Å². The van der Waals surface area contributed by atoms with Crippen LogP contribution in [0.4, 0.5) is 0 Å². The number of nitrogens with one attached hydrogen (secondary N) is 1. The highest BCUT2D eigenvalue weighted by Gasteiger charge is 2.44. The second kappa shape index (κ2) is 4.28. The van der Waals surface area contributed by atoms with Crippen molar-refractivity contribution in [2.24, 2.45) is 5.41 Å². The summed E-state index contributed by atoms with van der Waals surface area (Å²) in [7, 11) is 0. The number of rotatable bonds is 2. The van der Waals surface area contributed by atoms with Gasteiger partial charge in [0, 0.05) is 24.9 Å². The van der Waals surface area contributed by atoms with E-state index in [1.807, 2.05) is 0 Å². The summed E-state index contributed by atoms with van der Waals surface area (Å²) in [6, 6.07) is 1.07. The minimum absolute atomic E-state index is 0.241. The summed E-state index contributed by atoms with van der Waals surface area (Å²) in [5.74, 6) is -0.241. The maximum absolute atomic E-state index is 5.74. The van der Waals surface area contributed by atoms with Gasteiger partial charge in [-0.1, -0.05) is 20.8 Å². The van der Waals surface area contributed by atoms with E-state index < -0.39 is 0 Å². The topological polar surface area (TPSA) is 30.5 Å². The van der Waals surface area contributed by atoms with E-state index in [-0.39, 0.29) is 5.79 Å². The van der Waals surface area contributed by atoms with E-state index in [0.29, 0.717) is 17.5 Å². The van der Waals surface area contributed by atoms with Crippen LogP contribution in [0.2, 0.25) is 0 Å². The van der Waals surface area contributed by atoms with Crippen molar-refractivity contribution < 1.29 is 9.47 Å². The molecule has 0 aromatic heterocycles. The van der Waals surface area contributed by atoms with E-state index in [9.17, 15) is 0 Å². The molecule has 1 aliphatic heterocycles. The Hall–Kier alpha value is -0.120. The summed E-state index contributed by atoms with van der Waals surface area (Å²) in [6.45, 7) is 10.6. The van der Waals surface area contributed by atoms with Crippen LogP contribution in [-0.2, 0) is 9.47 Å². The first kappa shape index (κ1) is 12.3. The largest absolute Gasteiger partial charge is 0.347 e. The van der Waals surface area contributed by atoms with Gasteiger partial charge < -0.3 is 14.8 Å². The van der Waals surface area contributed by atoms with E-state index in [0.717, 1.165) is 26.1 Å².